The van der Waals surface area contributed by atoms with E-state index < -0.39 is 17.9 Å². The average molecular weight is 176 g/mol. The van der Waals surface area contributed by atoms with Gasteiger partial charge in [-0.25, -0.2) is 4.79 Å². The Morgan fingerprint density at radius 2 is 2.17 bits per heavy atom. The van der Waals surface area contributed by atoms with Gasteiger partial charge in [-0.3, -0.25) is 0 Å². The Morgan fingerprint density at radius 3 is 2.50 bits per heavy atom. The van der Waals surface area contributed by atoms with E-state index in [0.29, 0.717) is 0 Å². The van der Waals surface area contributed by atoms with Gasteiger partial charge in [0.1, 0.15) is 0 Å². The van der Waals surface area contributed by atoms with Crippen LogP contribution in [0.2, 0.25) is 0 Å². The molecule has 0 aromatic carbocycles. The van der Waals surface area contributed by atoms with Crippen molar-refractivity contribution >= 4 is 5.97 Å². The summed E-state index contributed by atoms with van der Waals surface area (Å²) in [7, 11) is 0. The van der Waals surface area contributed by atoms with Gasteiger partial charge in [0, 0.05) is 0 Å². The van der Waals surface area contributed by atoms with Gasteiger partial charge in [0.25, 0.3) is 0 Å². The molecule has 0 saturated heterocycles. The van der Waals surface area contributed by atoms with Crippen molar-refractivity contribution < 1.29 is 19.0 Å². The van der Waals surface area contributed by atoms with Crippen LogP contribution in [0.25, 0.3) is 0 Å². The fourth-order valence-electron chi connectivity index (χ4n) is 0.539. The molecule has 3 nitrogen and oxygen atoms in total. The summed E-state index contributed by atoms with van der Waals surface area (Å²) in [5, 5.41) is 8.90. The zero-order chi connectivity index (χ0) is 9.72. The lowest BCUT2D eigenvalue weighted by atomic mass is 10.2. The molecule has 0 aliphatic heterocycles. The molecule has 0 aromatic heterocycles. The van der Waals surface area contributed by atoms with Crippen LogP contribution in [-0.2, 0) is 9.53 Å². The van der Waals surface area contributed by atoms with Crippen LogP contribution in [0.5, 0.6) is 0 Å². The van der Waals surface area contributed by atoms with Crippen LogP contribution in [0.15, 0.2) is 11.4 Å². The van der Waals surface area contributed by atoms with E-state index in [2.05, 4.69) is 4.74 Å². The highest BCUT2D eigenvalue weighted by molar-refractivity contribution is 5.86. The summed E-state index contributed by atoms with van der Waals surface area (Å²) in [4.78, 5) is 10.7. The highest BCUT2D eigenvalue weighted by Crippen LogP contribution is 2.11. The molecular weight excluding hydrogens is 163 g/mol. The lowest BCUT2D eigenvalue weighted by Gasteiger charge is -2.05. The van der Waals surface area contributed by atoms with Crippen molar-refractivity contribution in [2.24, 2.45) is 0 Å². The summed E-state index contributed by atoms with van der Waals surface area (Å²) >= 11 is 0. The summed E-state index contributed by atoms with van der Waals surface area (Å²) in [5.41, 5.74) is -0.00606. The molecule has 1 N–H and O–H groups in total. The average Bonchev–Trinajstić information content (AvgIpc) is 2.02. The highest BCUT2D eigenvalue weighted by atomic mass is 19.1. The van der Waals surface area contributed by atoms with Gasteiger partial charge in [0.15, 0.2) is 0 Å². The number of rotatable bonds is 3. The molecule has 0 rings (SSSR count). The molecule has 0 fully saturated rings. The van der Waals surface area contributed by atoms with Crippen molar-refractivity contribution in [1.82, 2.24) is 0 Å². The molecule has 0 saturated carbocycles. The molecule has 1 atom stereocenters. The van der Waals surface area contributed by atoms with Gasteiger partial charge in [-0.15, -0.1) is 0 Å². The molecule has 70 valence electrons. The molecule has 0 radical (unpaired) electrons. The minimum atomic E-state index is -1.02. The number of esters is 1. The Hall–Kier alpha value is -0.900. The van der Waals surface area contributed by atoms with Crippen LogP contribution in [0, 0.1) is 0 Å². The Morgan fingerprint density at radius 1 is 1.67 bits per heavy atom. The maximum atomic E-state index is 12.9. The minimum Gasteiger partial charge on any atom is -0.461 e. The predicted molar refractivity (Wildman–Crippen MR) is 42.1 cm³/mol. The van der Waals surface area contributed by atoms with Gasteiger partial charge in [-0.05, 0) is 26.3 Å². The van der Waals surface area contributed by atoms with Crippen molar-refractivity contribution in [2.45, 2.75) is 26.9 Å². The molecule has 0 heterocycles. The predicted octanol–water partition coefficient (Wildman–Crippen LogP) is 1.17. The van der Waals surface area contributed by atoms with Gasteiger partial charge >= 0.3 is 5.97 Å². The third-order valence-electron chi connectivity index (χ3n) is 1.43. The van der Waals surface area contributed by atoms with E-state index in [0.717, 1.165) is 0 Å². The molecule has 0 aliphatic carbocycles. The van der Waals surface area contributed by atoms with E-state index >= 15 is 0 Å². The molecule has 0 spiro atoms. The van der Waals surface area contributed by atoms with E-state index in [9.17, 15) is 9.18 Å². The SMILES string of the molecule is CCOC(=O)/C(F)=C(/C)C(C)O. The zero-order valence-electron chi connectivity index (χ0n) is 7.43. The van der Waals surface area contributed by atoms with Gasteiger partial charge in [0.2, 0.25) is 5.83 Å². The van der Waals surface area contributed by atoms with E-state index in [4.69, 9.17) is 5.11 Å². The van der Waals surface area contributed by atoms with Crippen molar-refractivity contribution in [2.75, 3.05) is 6.61 Å². The molecule has 0 aromatic rings. The summed E-state index contributed by atoms with van der Waals surface area (Å²) in [6.45, 7) is 4.44. The molecule has 12 heavy (non-hydrogen) atoms. The first-order valence-electron chi connectivity index (χ1n) is 3.72. The molecular formula is C8H13FO3. The summed E-state index contributed by atoms with van der Waals surface area (Å²) in [5.74, 6) is -2.03. The standard InChI is InChI=1S/C8H13FO3/c1-4-12-8(11)7(9)5(2)6(3)10/h6,10H,4H2,1-3H3/b7-5+. The molecule has 4 heteroatoms. The van der Waals surface area contributed by atoms with Crippen molar-refractivity contribution in [3.8, 4) is 0 Å². The number of carbonyl (C=O) groups excluding carboxylic acids is 1. The third kappa shape index (κ3) is 3.00. The second-order valence-corrected chi connectivity index (χ2v) is 2.39. The molecule has 0 bridgehead atoms. The summed E-state index contributed by atoms with van der Waals surface area (Å²) < 4.78 is 17.3. The fraction of sp³-hybridized carbons (Fsp3) is 0.625. The first-order chi connectivity index (χ1) is 5.50. The van der Waals surface area contributed by atoms with Gasteiger partial charge in [-0.1, -0.05) is 0 Å². The third-order valence-corrected chi connectivity index (χ3v) is 1.43. The number of aliphatic hydroxyl groups excluding tert-OH is 1. The normalized spacial score (nSPS) is 15.1. The first kappa shape index (κ1) is 11.1. The Labute approximate surface area is 70.8 Å². The summed E-state index contributed by atoms with van der Waals surface area (Å²) in [6.07, 6.45) is -0.964. The second-order valence-electron chi connectivity index (χ2n) is 2.39. The number of hydrogen-bond donors (Lipinski definition) is 1. The van der Waals surface area contributed by atoms with Gasteiger partial charge in [-0.2, -0.15) is 4.39 Å². The fourth-order valence-corrected chi connectivity index (χ4v) is 0.539. The van der Waals surface area contributed by atoms with Crippen LogP contribution >= 0.6 is 0 Å². The monoisotopic (exact) mass is 176 g/mol. The molecule has 0 aliphatic rings. The van der Waals surface area contributed by atoms with Crippen molar-refractivity contribution in [1.29, 1.82) is 0 Å². The quantitative estimate of drug-likeness (QED) is 0.518. The van der Waals surface area contributed by atoms with Crippen molar-refractivity contribution in [3.05, 3.63) is 11.4 Å². The number of hydrogen-bond acceptors (Lipinski definition) is 3. The van der Waals surface area contributed by atoms with E-state index in [1.165, 1.54) is 13.8 Å². The zero-order valence-corrected chi connectivity index (χ0v) is 7.43. The van der Waals surface area contributed by atoms with E-state index in [1.54, 1.807) is 6.92 Å². The van der Waals surface area contributed by atoms with Crippen LogP contribution in [-0.4, -0.2) is 23.8 Å². The maximum Gasteiger partial charge on any atom is 0.367 e. The molecule has 1 unspecified atom stereocenters. The van der Waals surface area contributed by atoms with Gasteiger partial charge < -0.3 is 9.84 Å². The lowest BCUT2D eigenvalue weighted by molar-refractivity contribution is -0.140. The highest BCUT2D eigenvalue weighted by Gasteiger charge is 2.15. The smallest absolute Gasteiger partial charge is 0.367 e. The largest absolute Gasteiger partial charge is 0.461 e. The maximum absolute atomic E-state index is 12.9. The Balaban J connectivity index is 4.43. The second kappa shape index (κ2) is 4.87. The minimum absolute atomic E-state index is 0.00606. The van der Waals surface area contributed by atoms with E-state index in [-0.39, 0.29) is 12.2 Å². The lowest BCUT2D eigenvalue weighted by Crippen LogP contribution is -2.11. The number of halogens is 1. The van der Waals surface area contributed by atoms with Crippen LogP contribution in [0.3, 0.4) is 0 Å². The first-order valence-corrected chi connectivity index (χ1v) is 3.72. The Kier molecular flexibility index (Phi) is 4.51. The van der Waals surface area contributed by atoms with Crippen molar-refractivity contribution in [3.63, 3.8) is 0 Å². The van der Waals surface area contributed by atoms with Gasteiger partial charge in [0.05, 0.1) is 12.7 Å². The number of carbonyl (C=O) groups is 1. The topological polar surface area (TPSA) is 46.5 Å². The summed E-state index contributed by atoms with van der Waals surface area (Å²) in [6, 6.07) is 0. The van der Waals surface area contributed by atoms with E-state index in [1.807, 2.05) is 0 Å². The Bertz CT molecular complexity index is 196. The van der Waals surface area contributed by atoms with Crippen LogP contribution in [0.1, 0.15) is 20.8 Å². The van der Waals surface area contributed by atoms with Crippen LogP contribution < -0.4 is 0 Å². The van der Waals surface area contributed by atoms with Crippen LogP contribution in [0.4, 0.5) is 4.39 Å². The number of aliphatic hydroxyl groups is 1. The number of ether oxygens (including phenoxy) is 1. The molecule has 0 amide bonds.